The van der Waals surface area contributed by atoms with Crippen LogP contribution in [0.5, 0.6) is 0 Å². The zero-order valence-corrected chi connectivity index (χ0v) is 19.3. The summed E-state index contributed by atoms with van der Waals surface area (Å²) >= 11 is 0. The van der Waals surface area contributed by atoms with Crippen molar-refractivity contribution in [2.45, 2.75) is 50.0 Å². The number of benzene rings is 1. The maximum atomic E-state index is 13.4. The number of carbonyl (C=O) groups excluding carboxylic acids is 2. The molecule has 0 bridgehead atoms. The summed E-state index contributed by atoms with van der Waals surface area (Å²) in [5, 5.41) is 4.36. The first-order valence-corrected chi connectivity index (χ1v) is 13.2. The fraction of sp³-hybridized carbons (Fsp3) is 0.522. The third-order valence-corrected chi connectivity index (χ3v) is 9.28. The standard InChI is InChI=1S/C23H27N5O4S/c29-21-5-4-16-13-18(14-17-6-8-27(21)22(16)17)33(31,32)26-11-9-25(10-12-26)23(30)19-15-24-28-7-2-1-3-20(19)28/h13-15H,1-12H2. The minimum absolute atomic E-state index is 0.0538. The van der Waals surface area contributed by atoms with Gasteiger partial charge in [0.25, 0.3) is 5.91 Å². The molecule has 10 heteroatoms. The Bertz CT molecular complexity index is 1260. The first kappa shape index (κ1) is 20.9. The normalized spacial score (nSPS) is 20.7. The van der Waals surface area contributed by atoms with Crippen LogP contribution in [0, 0.1) is 0 Å². The fourth-order valence-electron chi connectivity index (χ4n) is 5.63. The lowest BCUT2D eigenvalue weighted by Gasteiger charge is -2.34. The predicted molar refractivity (Wildman–Crippen MR) is 121 cm³/mol. The topological polar surface area (TPSA) is 95.8 Å². The third kappa shape index (κ3) is 3.30. The molecule has 4 aliphatic heterocycles. The second-order valence-corrected chi connectivity index (χ2v) is 11.2. The van der Waals surface area contributed by atoms with Gasteiger partial charge in [-0.05, 0) is 55.4 Å². The number of rotatable bonds is 3. The van der Waals surface area contributed by atoms with Crippen LogP contribution >= 0.6 is 0 Å². The van der Waals surface area contributed by atoms with E-state index in [1.54, 1.807) is 28.1 Å². The van der Waals surface area contributed by atoms with E-state index in [0.29, 0.717) is 49.4 Å². The predicted octanol–water partition coefficient (Wildman–Crippen LogP) is 1.20. The summed E-state index contributed by atoms with van der Waals surface area (Å²) in [5.74, 6) is 0.0687. The highest BCUT2D eigenvalue weighted by atomic mass is 32.2. The van der Waals surface area contributed by atoms with Gasteiger partial charge in [-0.3, -0.25) is 14.3 Å². The van der Waals surface area contributed by atoms with Crippen molar-refractivity contribution < 1.29 is 18.0 Å². The molecule has 1 aromatic heterocycles. The van der Waals surface area contributed by atoms with Crippen LogP contribution in [0.25, 0.3) is 0 Å². The van der Waals surface area contributed by atoms with Gasteiger partial charge in [-0.1, -0.05) is 0 Å². The molecule has 2 amide bonds. The summed E-state index contributed by atoms with van der Waals surface area (Å²) in [4.78, 5) is 29.1. The number of carbonyl (C=O) groups is 2. The molecular weight excluding hydrogens is 442 g/mol. The van der Waals surface area contributed by atoms with Crippen LogP contribution in [0.2, 0.25) is 0 Å². The lowest BCUT2D eigenvalue weighted by atomic mass is 10.00. The van der Waals surface area contributed by atoms with Crippen molar-refractivity contribution in [3.63, 3.8) is 0 Å². The first-order valence-electron chi connectivity index (χ1n) is 11.7. The SMILES string of the molecule is O=C(c1cnn2c1CCCC2)N1CCN(S(=O)(=O)c2cc3c4c(c2)CCN4C(=O)CC3)CC1. The third-order valence-electron chi connectivity index (χ3n) is 7.40. The van der Waals surface area contributed by atoms with Crippen molar-refractivity contribution in [2.75, 3.05) is 37.6 Å². The van der Waals surface area contributed by atoms with E-state index in [1.807, 2.05) is 4.68 Å². The minimum atomic E-state index is -3.66. The van der Waals surface area contributed by atoms with E-state index in [4.69, 9.17) is 0 Å². The van der Waals surface area contributed by atoms with Crippen LogP contribution in [-0.4, -0.2) is 71.9 Å². The highest BCUT2D eigenvalue weighted by Gasteiger charge is 2.36. The molecule has 33 heavy (non-hydrogen) atoms. The van der Waals surface area contributed by atoms with Crippen molar-refractivity contribution in [2.24, 2.45) is 0 Å². The van der Waals surface area contributed by atoms with Gasteiger partial charge in [0, 0.05) is 45.7 Å². The first-order chi connectivity index (χ1) is 15.9. The molecule has 6 rings (SSSR count). The Morgan fingerprint density at radius 3 is 2.42 bits per heavy atom. The van der Waals surface area contributed by atoms with Crippen LogP contribution in [0.1, 0.15) is 46.4 Å². The molecule has 0 atom stereocenters. The Morgan fingerprint density at radius 2 is 1.64 bits per heavy atom. The number of anilines is 1. The van der Waals surface area contributed by atoms with Gasteiger partial charge in [0.05, 0.1) is 28.0 Å². The molecule has 0 unspecified atom stereocenters. The molecule has 0 spiro atoms. The number of nitrogens with zero attached hydrogens (tertiary/aromatic N) is 5. The van der Waals surface area contributed by atoms with Crippen molar-refractivity contribution in [1.82, 2.24) is 19.0 Å². The molecular formula is C23H27N5O4S. The Labute approximate surface area is 193 Å². The average molecular weight is 470 g/mol. The Kier molecular flexibility index (Phi) is 4.84. The van der Waals surface area contributed by atoms with E-state index in [-0.39, 0.29) is 24.9 Å². The van der Waals surface area contributed by atoms with E-state index >= 15 is 0 Å². The maximum absolute atomic E-state index is 13.4. The molecule has 0 saturated carbocycles. The molecule has 174 valence electrons. The van der Waals surface area contributed by atoms with E-state index < -0.39 is 10.0 Å². The van der Waals surface area contributed by atoms with Crippen molar-refractivity contribution in [3.8, 4) is 0 Å². The van der Waals surface area contributed by atoms with E-state index in [0.717, 1.165) is 48.3 Å². The highest BCUT2D eigenvalue weighted by Crippen LogP contribution is 2.39. The van der Waals surface area contributed by atoms with Crippen molar-refractivity contribution >= 4 is 27.5 Å². The molecule has 1 saturated heterocycles. The summed E-state index contributed by atoms with van der Waals surface area (Å²) < 4.78 is 30.3. The smallest absolute Gasteiger partial charge is 0.257 e. The van der Waals surface area contributed by atoms with Gasteiger partial charge < -0.3 is 9.80 Å². The molecule has 1 aromatic carbocycles. The Morgan fingerprint density at radius 1 is 0.879 bits per heavy atom. The molecule has 0 radical (unpaired) electrons. The lowest BCUT2D eigenvalue weighted by Crippen LogP contribution is -2.50. The summed E-state index contributed by atoms with van der Waals surface area (Å²) in [6, 6.07) is 3.49. The van der Waals surface area contributed by atoms with Crippen molar-refractivity contribution in [3.05, 3.63) is 40.7 Å². The van der Waals surface area contributed by atoms with Crippen LogP contribution in [-0.2, 0) is 40.6 Å². The summed E-state index contributed by atoms with van der Waals surface area (Å²) in [7, 11) is -3.66. The number of aryl methyl sites for hydroxylation is 2. The number of hydrogen-bond donors (Lipinski definition) is 0. The van der Waals surface area contributed by atoms with E-state index in [2.05, 4.69) is 5.10 Å². The van der Waals surface area contributed by atoms with Crippen LogP contribution in [0.15, 0.2) is 23.2 Å². The van der Waals surface area contributed by atoms with Crippen molar-refractivity contribution in [1.29, 1.82) is 0 Å². The van der Waals surface area contributed by atoms with Gasteiger partial charge in [0.15, 0.2) is 0 Å². The van der Waals surface area contributed by atoms with Gasteiger partial charge in [-0.15, -0.1) is 0 Å². The maximum Gasteiger partial charge on any atom is 0.257 e. The summed E-state index contributed by atoms with van der Waals surface area (Å²) in [6.07, 6.45) is 6.37. The zero-order chi connectivity index (χ0) is 22.7. The molecule has 9 nitrogen and oxygen atoms in total. The number of amides is 2. The Balaban J connectivity index is 1.19. The largest absolute Gasteiger partial charge is 0.336 e. The average Bonchev–Trinajstić information content (AvgIpc) is 3.46. The summed E-state index contributed by atoms with van der Waals surface area (Å²) in [6.45, 7) is 2.75. The number of piperazine rings is 1. The van der Waals surface area contributed by atoms with Gasteiger partial charge in [-0.25, -0.2) is 8.42 Å². The molecule has 5 heterocycles. The quantitative estimate of drug-likeness (QED) is 0.673. The molecule has 0 N–H and O–H groups in total. The molecule has 4 aliphatic rings. The fourth-order valence-corrected chi connectivity index (χ4v) is 7.15. The second-order valence-electron chi connectivity index (χ2n) is 9.27. The minimum Gasteiger partial charge on any atom is -0.336 e. The zero-order valence-electron chi connectivity index (χ0n) is 18.5. The Hall–Kier alpha value is -2.72. The van der Waals surface area contributed by atoms with E-state index in [1.165, 1.54) is 4.31 Å². The highest BCUT2D eigenvalue weighted by molar-refractivity contribution is 7.89. The lowest BCUT2D eigenvalue weighted by molar-refractivity contribution is -0.118. The second kappa shape index (κ2) is 7.66. The van der Waals surface area contributed by atoms with Gasteiger partial charge >= 0.3 is 0 Å². The molecule has 0 aliphatic carbocycles. The van der Waals surface area contributed by atoms with Gasteiger partial charge in [0.1, 0.15) is 0 Å². The number of hydrogen-bond acceptors (Lipinski definition) is 5. The van der Waals surface area contributed by atoms with Crippen LogP contribution in [0.4, 0.5) is 5.69 Å². The van der Waals surface area contributed by atoms with E-state index in [9.17, 15) is 18.0 Å². The van der Waals surface area contributed by atoms with Gasteiger partial charge in [0.2, 0.25) is 15.9 Å². The van der Waals surface area contributed by atoms with Gasteiger partial charge in [-0.2, -0.15) is 9.40 Å². The number of aromatic nitrogens is 2. The molecule has 2 aromatic rings. The monoisotopic (exact) mass is 469 g/mol. The number of fused-ring (bicyclic) bond motifs is 1. The van der Waals surface area contributed by atoms with Crippen LogP contribution < -0.4 is 4.90 Å². The number of sulfonamides is 1. The van der Waals surface area contributed by atoms with Crippen LogP contribution in [0.3, 0.4) is 0 Å². The molecule has 1 fully saturated rings. The summed E-state index contributed by atoms with van der Waals surface area (Å²) in [5.41, 5.74) is 4.47.